The Balaban J connectivity index is 1.68. The number of rotatable bonds is 4. The van der Waals surface area contributed by atoms with E-state index in [1.165, 1.54) is 7.11 Å². The van der Waals surface area contributed by atoms with Gasteiger partial charge in [-0.25, -0.2) is 4.98 Å². The summed E-state index contributed by atoms with van der Waals surface area (Å²) in [4.78, 5) is 29.4. The van der Waals surface area contributed by atoms with Gasteiger partial charge in [-0.05, 0) is 24.3 Å². The summed E-state index contributed by atoms with van der Waals surface area (Å²) in [5.41, 5.74) is 2.06. The molecular weight excluding hydrogens is 348 g/mol. The first-order valence-electron chi connectivity index (χ1n) is 8.40. The second-order valence-electron chi connectivity index (χ2n) is 6.12. The maximum atomic E-state index is 13.0. The Kier molecular flexibility index (Phi) is 4.15. The molecule has 1 atom stereocenters. The Bertz CT molecular complexity index is 1040. The number of fused-ring (bicyclic) bond motifs is 3. The molecule has 2 heterocycles. The van der Waals surface area contributed by atoms with E-state index in [9.17, 15) is 9.59 Å². The van der Waals surface area contributed by atoms with Gasteiger partial charge in [0, 0.05) is 11.8 Å². The molecule has 4 rings (SSSR count). The minimum absolute atomic E-state index is 0.0342. The van der Waals surface area contributed by atoms with Crippen molar-refractivity contribution >= 4 is 34.5 Å². The summed E-state index contributed by atoms with van der Waals surface area (Å²) < 4.78 is 12.2. The first-order valence-corrected chi connectivity index (χ1v) is 8.40. The molecule has 8 heteroatoms. The van der Waals surface area contributed by atoms with Crippen LogP contribution in [0.5, 0.6) is 11.5 Å². The van der Waals surface area contributed by atoms with E-state index in [2.05, 4.69) is 15.6 Å². The molecule has 0 fully saturated rings. The first-order chi connectivity index (χ1) is 13.1. The van der Waals surface area contributed by atoms with Crippen LogP contribution in [0.4, 0.5) is 11.6 Å². The summed E-state index contributed by atoms with van der Waals surface area (Å²) in [6.07, 6.45) is 0.0342. The molecule has 27 heavy (non-hydrogen) atoms. The third-order valence-corrected chi connectivity index (χ3v) is 4.49. The van der Waals surface area contributed by atoms with Gasteiger partial charge in [0.2, 0.25) is 17.8 Å². The lowest BCUT2D eigenvalue weighted by Gasteiger charge is -2.25. The molecule has 3 aromatic rings. The molecular formula is C19H18N4O4. The van der Waals surface area contributed by atoms with Crippen LogP contribution < -0.4 is 20.1 Å². The van der Waals surface area contributed by atoms with Gasteiger partial charge in [0.25, 0.3) is 0 Å². The number of benzene rings is 2. The van der Waals surface area contributed by atoms with Crippen molar-refractivity contribution in [1.29, 1.82) is 0 Å². The van der Waals surface area contributed by atoms with Crippen LogP contribution in [0.1, 0.15) is 12.5 Å². The predicted octanol–water partition coefficient (Wildman–Crippen LogP) is 2.58. The van der Waals surface area contributed by atoms with E-state index in [0.717, 1.165) is 11.0 Å². The van der Waals surface area contributed by atoms with E-state index in [0.29, 0.717) is 23.1 Å². The van der Waals surface area contributed by atoms with Crippen LogP contribution in [0.25, 0.3) is 11.0 Å². The quantitative estimate of drug-likeness (QED) is 0.740. The molecule has 2 amide bonds. The molecule has 0 spiro atoms. The van der Waals surface area contributed by atoms with Crippen molar-refractivity contribution in [2.45, 2.75) is 12.5 Å². The van der Waals surface area contributed by atoms with Crippen molar-refractivity contribution in [1.82, 2.24) is 9.55 Å². The number of nitrogens with one attached hydrogen (secondary N) is 2. The van der Waals surface area contributed by atoms with E-state index < -0.39 is 6.04 Å². The maximum Gasteiger partial charge on any atom is 0.248 e. The lowest BCUT2D eigenvalue weighted by Crippen LogP contribution is -2.35. The molecule has 0 saturated heterocycles. The van der Waals surface area contributed by atoms with Gasteiger partial charge in [0.1, 0.15) is 6.04 Å². The van der Waals surface area contributed by atoms with E-state index in [1.54, 1.807) is 29.9 Å². The van der Waals surface area contributed by atoms with Crippen molar-refractivity contribution in [3.05, 3.63) is 42.5 Å². The summed E-state index contributed by atoms with van der Waals surface area (Å²) in [7, 11) is 3.07. The number of aromatic nitrogens is 2. The number of ether oxygens (including phenoxy) is 2. The number of methoxy groups -OCH3 is 2. The zero-order chi connectivity index (χ0) is 19.0. The van der Waals surface area contributed by atoms with Crippen molar-refractivity contribution in [3.63, 3.8) is 0 Å². The Morgan fingerprint density at radius 1 is 1.19 bits per heavy atom. The first kappa shape index (κ1) is 16.9. The summed E-state index contributed by atoms with van der Waals surface area (Å²) in [6, 6.07) is 11.9. The zero-order valence-corrected chi connectivity index (χ0v) is 14.9. The number of carbonyl (C=O) groups excluding carboxylic acids is 2. The Morgan fingerprint density at radius 3 is 2.74 bits per heavy atom. The third-order valence-electron chi connectivity index (χ3n) is 4.49. The van der Waals surface area contributed by atoms with Gasteiger partial charge in [0.15, 0.2) is 11.5 Å². The molecule has 2 N–H and O–H groups in total. The lowest BCUT2D eigenvalue weighted by atomic mass is 10.1. The number of hydrogen-bond acceptors (Lipinski definition) is 5. The van der Waals surface area contributed by atoms with Crippen LogP contribution in [-0.4, -0.2) is 35.6 Å². The fourth-order valence-corrected chi connectivity index (χ4v) is 3.24. The minimum atomic E-state index is -0.700. The number of hydrogen-bond donors (Lipinski definition) is 2. The summed E-state index contributed by atoms with van der Waals surface area (Å²) in [5.74, 6) is 0.896. The van der Waals surface area contributed by atoms with Crippen LogP contribution in [0.15, 0.2) is 42.5 Å². The normalized spacial score (nSPS) is 15.8. The number of imidazole rings is 1. The van der Waals surface area contributed by atoms with E-state index in [-0.39, 0.29) is 18.2 Å². The number of para-hydroxylation sites is 2. The second-order valence-corrected chi connectivity index (χ2v) is 6.12. The van der Waals surface area contributed by atoms with Gasteiger partial charge in [-0.1, -0.05) is 12.1 Å². The monoisotopic (exact) mass is 366 g/mol. The number of anilines is 2. The smallest absolute Gasteiger partial charge is 0.248 e. The second kappa shape index (κ2) is 6.64. The molecule has 1 aliphatic heterocycles. The standard InChI is InChI=1S/C19H18N4O4/c1-26-15-8-7-11(9-16(15)27-2)20-18(25)14-10-17(24)22-19-21-12-5-3-4-6-13(12)23(14)19/h3-9,14H,10H2,1-2H3,(H,20,25)(H,21,22,24). The van der Waals surface area contributed by atoms with Crippen molar-refractivity contribution < 1.29 is 19.1 Å². The molecule has 0 bridgehead atoms. The Hall–Kier alpha value is -3.55. The summed E-state index contributed by atoms with van der Waals surface area (Å²) >= 11 is 0. The fourth-order valence-electron chi connectivity index (χ4n) is 3.24. The van der Waals surface area contributed by atoms with E-state index in [4.69, 9.17) is 9.47 Å². The SMILES string of the molecule is COc1ccc(NC(=O)C2CC(=O)Nc3nc4ccccc4n32)cc1OC. The molecule has 1 aromatic heterocycles. The molecule has 2 aromatic carbocycles. The predicted molar refractivity (Wildman–Crippen MR) is 100 cm³/mol. The molecule has 1 aliphatic rings. The molecule has 138 valence electrons. The fraction of sp³-hybridized carbons (Fsp3) is 0.211. The minimum Gasteiger partial charge on any atom is -0.493 e. The van der Waals surface area contributed by atoms with Gasteiger partial charge in [-0.2, -0.15) is 0 Å². The molecule has 8 nitrogen and oxygen atoms in total. The van der Waals surface area contributed by atoms with Gasteiger partial charge >= 0.3 is 0 Å². The Labute approximate surface area is 155 Å². The highest BCUT2D eigenvalue weighted by Gasteiger charge is 2.32. The molecule has 1 unspecified atom stereocenters. The lowest BCUT2D eigenvalue weighted by molar-refractivity contribution is -0.124. The summed E-state index contributed by atoms with van der Waals surface area (Å²) in [6.45, 7) is 0. The maximum absolute atomic E-state index is 13.0. The highest BCUT2D eigenvalue weighted by molar-refractivity contribution is 6.03. The highest BCUT2D eigenvalue weighted by atomic mass is 16.5. The Morgan fingerprint density at radius 2 is 1.96 bits per heavy atom. The van der Waals surface area contributed by atoms with E-state index in [1.807, 2.05) is 24.3 Å². The number of carbonyl (C=O) groups is 2. The van der Waals surface area contributed by atoms with Crippen LogP contribution in [0.2, 0.25) is 0 Å². The van der Waals surface area contributed by atoms with Crippen LogP contribution in [0, 0.1) is 0 Å². The van der Waals surface area contributed by atoms with Crippen LogP contribution >= 0.6 is 0 Å². The number of nitrogens with zero attached hydrogens (tertiary/aromatic N) is 2. The summed E-state index contributed by atoms with van der Waals surface area (Å²) in [5, 5.41) is 5.58. The third kappa shape index (κ3) is 2.95. The number of amides is 2. The zero-order valence-electron chi connectivity index (χ0n) is 14.9. The highest BCUT2D eigenvalue weighted by Crippen LogP contribution is 2.33. The molecule has 0 radical (unpaired) electrons. The average molecular weight is 366 g/mol. The van der Waals surface area contributed by atoms with Crippen molar-refractivity contribution in [2.75, 3.05) is 24.9 Å². The van der Waals surface area contributed by atoms with Crippen molar-refractivity contribution in [3.8, 4) is 11.5 Å². The largest absolute Gasteiger partial charge is 0.493 e. The van der Waals surface area contributed by atoms with Gasteiger partial charge in [-0.15, -0.1) is 0 Å². The molecule has 0 aliphatic carbocycles. The van der Waals surface area contributed by atoms with Crippen LogP contribution in [-0.2, 0) is 9.59 Å². The molecule has 0 saturated carbocycles. The van der Waals surface area contributed by atoms with E-state index >= 15 is 0 Å². The van der Waals surface area contributed by atoms with Gasteiger partial charge < -0.3 is 14.8 Å². The average Bonchev–Trinajstić information content (AvgIpc) is 3.05. The van der Waals surface area contributed by atoms with Crippen LogP contribution in [0.3, 0.4) is 0 Å². The topological polar surface area (TPSA) is 94.5 Å². The van der Waals surface area contributed by atoms with Gasteiger partial charge in [-0.3, -0.25) is 19.5 Å². The van der Waals surface area contributed by atoms with Gasteiger partial charge in [0.05, 0.1) is 31.7 Å². The van der Waals surface area contributed by atoms with Crippen molar-refractivity contribution in [2.24, 2.45) is 0 Å².